The van der Waals surface area contributed by atoms with Gasteiger partial charge in [0.2, 0.25) is 0 Å². The van der Waals surface area contributed by atoms with Gasteiger partial charge < -0.3 is 19.5 Å². The van der Waals surface area contributed by atoms with Gasteiger partial charge in [-0.3, -0.25) is 4.79 Å². The summed E-state index contributed by atoms with van der Waals surface area (Å²) in [6.45, 7) is 0. The van der Waals surface area contributed by atoms with Crippen molar-refractivity contribution < 1.29 is 23.8 Å². The topological polar surface area (TPSA) is 86.8 Å². The molecule has 7 nitrogen and oxygen atoms in total. The molecule has 27 heavy (non-hydrogen) atoms. The second-order valence-electron chi connectivity index (χ2n) is 6.24. The highest BCUT2D eigenvalue weighted by molar-refractivity contribution is 6.07. The quantitative estimate of drug-likeness (QED) is 0.784. The lowest BCUT2D eigenvalue weighted by Gasteiger charge is -2.16. The number of pyridine rings is 1. The standard InChI is InChI=1S/C20H22N2O5/c1-25-18-12-21-16(11-17(18)27-13-7-3-4-8-13)19(23)22-15-10-6-5-9-14(15)20(24)26-2/h5-6,9-13H,3-4,7-8H2,1-2H3,(H,22,23). The lowest BCUT2D eigenvalue weighted by atomic mass is 10.1. The second kappa shape index (κ2) is 8.53. The summed E-state index contributed by atoms with van der Waals surface area (Å²) in [4.78, 5) is 28.6. The largest absolute Gasteiger partial charge is 0.491 e. The minimum Gasteiger partial charge on any atom is -0.491 e. The zero-order chi connectivity index (χ0) is 19.2. The molecule has 0 saturated heterocycles. The van der Waals surface area contributed by atoms with Crippen LogP contribution in [0.15, 0.2) is 36.5 Å². The van der Waals surface area contributed by atoms with Crippen molar-refractivity contribution in [3.8, 4) is 11.5 Å². The Kier molecular flexibility index (Phi) is 5.90. The maximum Gasteiger partial charge on any atom is 0.339 e. The van der Waals surface area contributed by atoms with Crippen LogP contribution >= 0.6 is 0 Å². The Balaban J connectivity index is 1.82. The molecule has 0 unspecified atom stereocenters. The molecule has 0 bridgehead atoms. The van der Waals surface area contributed by atoms with Crippen molar-refractivity contribution in [2.75, 3.05) is 19.5 Å². The average Bonchev–Trinajstić information content (AvgIpc) is 3.20. The molecular formula is C20H22N2O5. The number of anilines is 1. The molecule has 1 aliphatic carbocycles. The van der Waals surface area contributed by atoms with Crippen molar-refractivity contribution in [3.05, 3.63) is 47.8 Å². The lowest BCUT2D eigenvalue weighted by Crippen LogP contribution is -2.17. The van der Waals surface area contributed by atoms with E-state index in [4.69, 9.17) is 14.2 Å². The van der Waals surface area contributed by atoms with E-state index in [-0.39, 0.29) is 17.4 Å². The van der Waals surface area contributed by atoms with Crippen LogP contribution in [-0.2, 0) is 4.74 Å². The molecule has 7 heteroatoms. The van der Waals surface area contributed by atoms with Crippen LogP contribution < -0.4 is 14.8 Å². The molecule has 3 rings (SSSR count). The van der Waals surface area contributed by atoms with E-state index in [9.17, 15) is 9.59 Å². The van der Waals surface area contributed by atoms with Crippen LogP contribution in [0, 0.1) is 0 Å². The third-order valence-corrected chi connectivity index (χ3v) is 4.46. The molecule has 1 fully saturated rings. The summed E-state index contributed by atoms with van der Waals surface area (Å²) in [5.41, 5.74) is 0.790. The second-order valence-corrected chi connectivity index (χ2v) is 6.24. The normalized spacial score (nSPS) is 13.9. The third kappa shape index (κ3) is 4.36. The summed E-state index contributed by atoms with van der Waals surface area (Å²) in [7, 11) is 2.82. The first kappa shape index (κ1) is 18.7. The number of rotatable bonds is 6. The zero-order valence-electron chi connectivity index (χ0n) is 15.4. The molecule has 1 aromatic carbocycles. The molecule has 1 saturated carbocycles. The van der Waals surface area contributed by atoms with Gasteiger partial charge in [0.05, 0.1) is 37.8 Å². The van der Waals surface area contributed by atoms with Crippen LogP contribution in [0.5, 0.6) is 11.5 Å². The number of esters is 1. The molecule has 1 aromatic heterocycles. The predicted octanol–water partition coefficient (Wildman–Crippen LogP) is 3.45. The van der Waals surface area contributed by atoms with Crippen LogP contribution in [0.3, 0.4) is 0 Å². The molecule has 0 aliphatic heterocycles. The van der Waals surface area contributed by atoms with Crippen LogP contribution in [0.25, 0.3) is 0 Å². The van der Waals surface area contributed by atoms with Crippen LogP contribution in [0.4, 0.5) is 5.69 Å². The Labute approximate surface area is 157 Å². The molecule has 1 N–H and O–H groups in total. The van der Waals surface area contributed by atoms with Gasteiger partial charge in [0.1, 0.15) is 5.69 Å². The number of benzene rings is 1. The van der Waals surface area contributed by atoms with Crippen molar-refractivity contribution in [3.63, 3.8) is 0 Å². The van der Waals surface area contributed by atoms with Gasteiger partial charge in [-0.05, 0) is 37.8 Å². The molecule has 1 amide bonds. The Morgan fingerprint density at radius 1 is 1.11 bits per heavy atom. The SMILES string of the molecule is COC(=O)c1ccccc1NC(=O)c1cc(OC2CCCC2)c(OC)cn1. The third-order valence-electron chi connectivity index (χ3n) is 4.46. The number of nitrogens with one attached hydrogen (secondary N) is 1. The average molecular weight is 370 g/mol. The number of amides is 1. The summed E-state index contributed by atoms with van der Waals surface area (Å²) in [5, 5.41) is 2.70. The van der Waals surface area contributed by atoms with Gasteiger partial charge in [-0.15, -0.1) is 0 Å². The first-order valence-corrected chi connectivity index (χ1v) is 8.81. The van der Waals surface area contributed by atoms with E-state index in [0.29, 0.717) is 17.2 Å². The van der Waals surface area contributed by atoms with Crippen LogP contribution in [0.2, 0.25) is 0 Å². The highest BCUT2D eigenvalue weighted by atomic mass is 16.5. The maximum atomic E-state index is 12.6. The van der Waals surface area contributed by atoms with E-state index in [2.05, 4.69) is 10.3 Å². The van der Waals surface area contributed by atoms with E-state index in [1.807, 2.05) is 0 Å². The molecule has 1 aliphatic rings. The lowest BCUT2D eigenvalue weighted by molar-refractivity contribution is 0.0602. The monoisotopic (exact) mass is 370 g/mol. The Morgan fingerprint density at radius 2 is 1.85 bits per heavy atom. The predicted molar refractivity (Wildman–Crippen MR) is 99.4 cm³/mol. The number of carbonyl (C=O) groups is 2. The zero-order valence-corrected chi connectivity index (χ0v) is 15.4. The Morgan fingerprint density at radius 3 is 2.56 bits per heavy atom. The minimum absolute atomic E-state index is 0.122. The fourth-order valence-corrected chi connectivity index (χ4v) is 3.05. The van der Waals surface area contributed by atoms with Gasteiger partial charge in [0.15, 0.2) is 11.5 Å². The van der Waals surface area contributed by atoms with Gasteiger partial charge in [0.25, 0.3) is 5.91 Å². The number of hydrogen-bond donors (Lipinski definition) is 1. The Bertz CT molecular complexity index is 831. The van der Waals surface area contributed by atoms with Gasteiger partial charge >= 0.3 is 5.97 Å². The van der Waals surface area contributed by atoms with Crippen molar-refractivity contribution >= 4 is 17.6 Å². The summed E-state index contributed by atoms with van der Waals surface area (Å²) in [6, 6.07) is 8.19. The van der Waals surface area contributed by atoms with Crippen LogP contribution in [-0.4, -0.2) is 37.2 Å². The molecular weight excluding hydrogens is 348 g/mol. The van der Waals surface area contributed by atoms with E-state index in [1.165, 1.54) is 20.4 Å². The highest BCUT2D eigenvalue weighted by Crippen LogP contribution is 2.31. The van der Waals surface area contributed by atoms with E-state index in [1.54, 1.807) is 30.3 Å². The first-order chi connectivity index (χ1) is 13.1. The first-order valence-electron chi connectivity index (χ1n) is 8.81. The highest BCUT2D eigenvalue weighted by Gasteiger charge is 2.21. The van der Waals surface area contributed by atoms with E-state index < -0.39 is 11.9 Å². The maximum absolute atomic E-state index is 12.6. The van der Waals surface area contributed by atoms with Crippen molar-refractivity contribution in [1.29, 1.82) is 0 Å². The molecule has 0 atom stereocenters. The summed E-state index contributed by atoms with van der Waals surface area (Å²) >= 11 is 0. The fraction of sp³-hybridized carbons (Fsp3) is 0.350. The number of carbonyl (C=O) groups excluding carboxylic acids is 2. The van der Waals surface area contributed by atoms with Gasteiger partial charge in [-0.1, -0.05) is 12.1 Å². The van der Waals surface area contributed by atoms with Crippen molar-refractivity contribution in [2.45, 2.75) is 31.8 Å². The van der Waals surface area contributed by atoms with Gasteiger partial charge in [-0.25, -0.2) is 9.78 Å². The van der Waals surface area contributed by atoms with Crippen LogP contribution in [0.1, 0.15) is 46.5 Å². The smallest absolute Gasteiger partial charge is 0.339 e. The van der Waals surface area contributed by atoms with E-state index >= 15 is 0 Å². The summed E-state index contributed by atoms with van der Waals surface area (Å²) in [5.74, 6) is -0.0108. The molecule has 0 radical (unpaired) electrons. The van der Waals surface area contributed by atoms with Gasteiger partial charge in [-0.2, -0.15) is 0 Å². The van der Waals surface area contributed by atoms with Crippen molar-refractivity contribution in [2.24, 2.45) is 0 Å². The number of methoxy groups -OCH3 is 2. The summed E-state index contributed by atoms with van der Waals surface area (Å²) < 4.78 is 16.0. The van der Waals surface area contributed by atoms with E-state index in [0.717, 1.165) is 25.7 Å². The number of ether oxygens (including phenoxy) is 3. The Hall–Kier alpha value is -3.09. The molecule has 0 spiro atoms. The molecule has 2 aromatic rings. The van der Waals surface area contributed by atoms with Gasteiger partial charge in [0, 0.05) is 6.07 Å². The fourth-order valence-electron chi connectivity index (χ4n) is 3.05. The number of hydrogen-bond acceptors (Lipinski definition) is 6. The number of nitrogens with zero attached hydrogens (tertiary/aromatic N) is 1. The molecule has 142 valence electrons. The number of para-hydroxylation sites is 1. The summed E-state index contributed by atoms with van der Waals surface area (Å²) in [6.07, 6.45) is 5.83. The van der Waals surface area contributed by atoms with Crippen molar-refractivity contribution in [1.82, 2.24) is 4.98 Å². The molecule has 1 heterocycles. The minimum atomic E-state index is -0.529. The number of aromatic nitrogens is 1.